The molecule has 0 radical (unpaired) electrons. The van der Waals surface area contributed by atoms with E-state index in [1.54, 1.807) is 7.11 Å². The average Bonchev–Trinajstić information content (AvgIpc) is 2.50. The van der Waals surface area contributed by atoms with Crippen LogP contribution in [-0.4, -0.2) is 23.6 Å². The van der Waals surface area contributed by atoms with E-state index < -0.39 is 0 Å². The van der Waals surface area contributed by atoms with Crippen LogP contribution in [0, 0.1) is 13.8 Å². The summed E-state index contributed by atoms with van der Waals surface area (Å²) in [6, 6.07) is 8.04. The van der Waals surface area contributed by atoms with Crippen molar-refractivity contribution in [2.45, 2.75) is 20.3 Å². The van der Waals surface area contributed by atoms with Crippen LogP contribution in [0.5, 0.6) is 5.75 Å². The van der Waals surface area contributed by atoms with E-state index in [0.717, 1.165) is 30.1 Å². The van der Waals surface area contributed by atoms with Crippen molar-refractivity contribution in [3.8, 4) is 5.75 Å². The Morgan fingerprint density at radius 2 is 1.95 bits per heavy atom. The molecule has 0 spiro atoms. The molecule has 0 aliphatic heterocycles. The minimum Gasteiger partial charge on any atom is -0.497 e. The predicted molar refractivity (Wildman–Crippen MR) is 84.5 cm³/mol. The Labute approximate surface area is 124 Å². The van der Waals surface area contributed by atoms with Crippen molar-refractivity contribution in [3.05, 3.63) is 41.2 Å². The molecule has 0 atom stereocenters. The number of anilines is 2. The number of hydrogen-bond acceptors (Lipinski definition) is 6. The highest BCUT2D eigenvalue weighted by atomic mass is 16.5. The van der Waals surface area contributed by atoms with Gasteiger partial charge in [0.15, 0.2) is 0 Å². The number of nitrogens with zero attached hydrogens (tertiary/aromatic N) is 2. The number of nitrogen functional groups attached to an aromatic ring is 1. The highest BCUT2D eigenvalue weighted by Gasteiger charge is 2.07. The van der Waals surface area contributed by atoms with Gasteiger partial charge in [-0.2, -0.15) is 0 Å². The molecule has 2 rings (SSSR count). The Morgan fingerprint density at radius 3 is 2.67 bits per heavy atom. The number of benzene rings is 1. The standard InChI is InChI=1S/C15H21N5O/c1-10-14(18-11(2)19-15(10)20-16)17-8-7-12-5-4-6-13(9-12)21-3/h4-6,9H,7-8,16H2,1-3H3,(H2,17,18,19,20). The smallest absolute Gasteiger partial charge is 0.148 e. The second kappa shape index (κ2) is 6.90. The number of aromatic nitrogens is 2. The SMILES string of the molecule is COc1cccc(CCNc2nc(C)nc(NN)c2C)c1. The summed E-state index contributed by atoms with van der Waals surface area (Å²) in [5.74, 6) is 8.46. The van der Waals surface area contributed by atoms with Crippen LogP contribution in [-0.2, 0) is 6.42 Å². The summed E-state index contributed by atoms with van der Waals surface area (Å²) in [6.45, 7) is 4.55. The molecule has 2 aromatic rings. The molecule has 0 saturated carbocycles. The lowest BCUT2D eigenvalue weighted by Crippen LogP contribution is -2.15. The number of nitrogens with one attached hydrogen (secondary N) is 2. The first-order valence-corrected chi connectivity index (χ1v) is 6.82. The van der Waals surface area contributed by atoms with Gasteiger partial charge >= 0.3 is 0 Å². The summed E-state index contributed by atoms with van der Waals surface area (Å²) in [5, 5.41) is 3.33. The van der Waals surface area contributed by atoms with Gasteiger partial charge in [-0.05, 0) is 38.0 Å². The first-order chi connectivity index (χ1) is 10.1. The van der Waals surface area contributed by atoms with Gasteiger partial charge in [0.1, 0.15) is 23.2 Å². The van der Waals surface area contributed by atoms with Crippen LogP contribution < -0.4 is 21.3 Å². The first kappa shape index (κ1) is 15.1. The van der Waals surface area contributed by atoms with Crippen molar-refractivity contribution in [1.82, 2.24) is 9.97 Å². The predicted octanol–water partition coefficient (Wildman–Crippen LogP) is 2.04. The number of ether oxygens (including phenoxy) is 1. The third kappa shape index (κ3) is 3.82. The van der Waals surface area contributed by atoms with E-state index in [2.05, 4.69) is 26.8 Å². The number of aryl methyl sites for hydroxylation is 1. The number of rotatable bonds is 6. The van der Waals surface area contributed by atoms with Gasteiger partial charge in [0.05, 0.1) is 7.11 Å². The zero-order valence-electron chi connectivity index (χ0n) is 12.6. The van der Waals surface area contributed by atoms with Crippen molar-refractivity contribution >= 4 is 11.6 Å². The zero-order valence-corrected chi connectivity index (χ0v) is 12.6. The van der Waals surface area contributed by atoms with E-state index in [1.807, 2.05) is 32.0 Å². The third-order valence-corrected chi connectivity index (χ3v) is 3.23. The summed E-state index contributed by atoms with van der Waals surface area (Å²) in [4.78, 5) is 8.64. The molecule has 0 unspecified atom stereocenters. The maximum atomic E-state index is 5.46. The molecule has 1 aromatic carbocycles. The molecule has 112 valence electrons. The average molecular weight is 287 g/mol. The van der Waals surface area contributed by atoms with Crippen molar-refractivity contribution in [3.63, 3.8) is 0 Å². The van der Waals surface area contributed by atoms with E-state index in [1.165, 1.54) is 5.56 Å². The molecule has 0 amide bonds. The second-order valence-electron chi connectivity index (χ2n) is 4.77. The van der Waals surface area contributed by atoms with Crippen LogP contribution in [0.15, 0.2) is 24.3 Å². The molecule has 0 aliphatic carbocycles. The summed E-state index contributed by atoms with van der Waals surface area (Å²) in [6.07, 6.45) is 0.880. The molecule has 21 heavy (non-hydrogen) atoms. The number of hydrogen-bond donors (Lipinski definition) is 3. The molecule has 0 bridgehead atoms. The lowest BCUT2D eigenvalue weighted by atomic mass is 10.1. The Morgan fingerprint density at radius 1 is 1.19 bits per heavy atom. The van der Waals surface area contributed by atoms with E-state index in [4.69, 9.17) is 10.6 Å². The Bertz CT molecular complexity index is 615. The Balaban J connectivity index is 2.01. The maximum absolute atomic E-state index is 5.46. The molecule has 0 aliphatic rings. The fraction of sp³-hybridized carbons (Fsp3) is 0.333. The minimum absolute atomic E-state index is 0.645. The second-order valence-corrected chi connectivity index (χ2v) is 4.77. The van der Waals surface area contributed by atoms with E-state index in [9.17, 15) is 0 Å². The van der Waals surface area contributed by atoms with Crippen molar-refractivity contribution in [2.75, 3.05) is 24.4 Å². The van der Waals surface area contributed by atoms with Gasteiger partial charge in [-0.25, -0.2) is 15.8 Å². The lowest BCUT2D eigenvalue weighted by molar-refractivity contribution is 0.414. The molecular formula is C15H21N5O. The van der Waals surface area contributed by atoms with Gasteiger partial charge in [0, 0.05) is 12.1 Å². The van der Waals surface area contributed by atoms with Crippen LogP contribution in [0.2, 0.25) is 0 Å². The normalized spacial score (nSPS) is 10.3. The van der Waals surface area contributed by atoms with Crippen LogP contribution in [0.3, 0.4) is 0 Å². The molecule has 1 aromatic heterocycles. The minimum atomic E-state index is 0.645. The summed E-state index contributed by atoms with van der Waals surface area (Å²) < 4.78 is 5.22. The van der Waals surface area contributed by atoms with Crippen LogP contribution in [0.4, 0.5) is 11.6 Å². The first-order valence-electron chi connectivity index (χ1n) is 6.82. The third-order valence-electron chi connectivity index (χ3n) is 3.23. The highest BCUT2D eigenvalue weighted by Crippen LogP contribution is 2.19. The Hall–Kier alpha value is -2.34. The van der Waals surface area contributed by atoms with Gasteiger partial charge in [0.25, 0.3) is 0 Å². The maximum Gasteiger partial charge on any atom is 0.148 e. The van der Waals surface area contributed by atoms with Crippen LogP contribution >= 0.6 is 0 Å². The number of hydrazine groups is 1. The van der Waals surface area contributed by atoms with E-state index in [-0.39, 0.29) is 0 Å². The van der Waals surface area contributed by atoms with Gasteiger partial charge in [-0.3, -0.25) is 0 Å². The molecule has 6 nitrogen and oxygen atoms in total. The molecule has 6 heteroatoms. The van der Waals surface area contributed by atoms with Gasteiger partial charge < -0.3 is 15.5 Å². The van der Waals surface area contributed by atoms with Crippen molar-refractivity contribution in [2.24, 2.45) is 5.84 Å². The van der Waals surface area contributed by atoms with Crippen LogP contribution in [0.25, 0.3) is 0 Å². The fourth-order valence-corrected chi connectivity index (χ4v) is 2.09. The number of nitrogens with two attached hydrogens (primary N) is 1. The summed E-state index contributed by atoms with van der Waals surface area (Å²) in [5.41, 5.74) is 4.71. The molecule has 0 fully saturated rings. The van der Waals surface area contributed by atoms with Crippen LogP contribution in [0.1, 0.15) is 17.0 Å². The monoisotopic (exact) mass is 287 g/mol. The highest BCUT2D eigenvalue weighted by molar-refractivity contribution is 5.56. The summed E-state index contributed by atoms with van der Waals surface area (Å²) >= 11 is 0. The molecule has 0 saturated heterocycles. The largest absolute Gasteiger partial charge is 0.497 e. The summed E-state index contributed by atoms with van der Waals surface area (Å²) in [7, 11) is 1.67. The van der Waals surface area contributed by atoms with Gasteiger partial charge in [-0.1, -0.05) is 12.1 Å². The Kier molecular flexibility index (Phi) is 4.94. The van der Waals surface area contributed by atoms with E-state index >= 15 is 0 Å². The molecular weight excluding hydrogens is 266 g/mol. The zero-order chi connectivity index (χ0) is 15.2. The number of methoxy groups -OCH3 is 1. The lowest BCUT2D eigenvalue weighted by Gasteiger charge is -2.12. The quantitative estimate of drug-likeness (QED) is 0.557. The fourth-order valence-electron chi connectivity index (χ4n) is 2.09. The van der Waals surface area contributed by atoms with Gasteiger partial charge in [0.2, 0.25) is 0 Å². The van der Waals surface area contributed by atoms with Crippen molar-refractivity contribution < 1.29 is 4.74 Å². The molecule has 1 heterocycles. The van der Waals surface area contributed by atoms with E-state index in [0.29, 0.717) is 11.6 Å². The van der Waals surface area contributed by atoms with Gasteiger partial charge in [-0.15, -0.1) is 0 Å². The molecule has 4 N–H and O–H groups in total. The topological polar surface area (TPSA) is 85.1 Å². The van der Waals surface area contributed by atoms with Crippen molar-refractivity contribution in [1.29, 1.82) is 0 Å².